The molecule has 0 fully saturated rings. The summed E-state index contributed by atoms with van der Waals surface area (Å²) in [7, 11) is 5.71. The Kier molecular flexibility index (Phi) is 5.40. The van der Waals surface area contributed by atoms with E-state index in [1.54, 1.807) is 6.07 Å². The normalized spacial score (nSPS) is 11.5. The summed E-state index contributed by atoms with van der Waals surface area (Å²) in [6, 6.07) is 2.11. The summed E-state index contributed by atoms with van der Waals surface area (Å²) in [6.45, 7) is 1.42. The van der Waals surface area contributed by atoms with Crippen LogP contribution in [0.15, 0.2) is 12.1 Å². The number of benzene rings is 1. The molecule has 116 valence electrons. The summed E-state index contributed by atoms with van der Waals surface area (Å²) in [5, 5.41) is 8.99. The standard InChI is InChI=1S/C14H19NO6/c1-8(14(17)18)15(2)13(16)9-6-7-10(19-3)12(21-5)11(9)20-4/h6-8H,1-5H3,(H,17,18). The first-order valence-electron chi connectivity index (χ1n) is 6.17. The van der Waals surface area contributed by atoms with Crippen molar-refractivity contribution in [2.75, 3.05) is 28.4 Å². The molecule has 0 aliphatic heterocycles. The molecule has 7 heteroatoms. The van der Waals surface area contributed by atoms with E-state index < -0.39 is 17.9 Å². The Hall–Kier alpha value is -2.44. The van der Waals surface area contributed by atoms with Crippen LogP contribution in [0.2, 0.25) is 0 Å². The van der Waals surface area contributed by atoms with Gasteiger partial charge in [-0.1, -0.05) is 0 Å². The minimum Gasteiger partial charge on any atom is -0.493 e. The molecule has 0 bridgehead atoms. The molecule has 1 N–H and O–H groups in total. The van der Waals surface area contributed by atoms with Gasteiger partial charge in [0.05, 0.1) is 26.9 Å². The molecule has 0 heterocycles. The number of carboxylic acids is 1. The van der Waals surface area contributed by atoms with E-state index in [-0.39, 0.29) is 17.1 Å². The second kappa shape index (κ2) is 6.83. The van der Waals surface area contributed by atoms with E-state index in [0.29, 0.717) is 5.75 Å². The van der Waals surface area contributed by atoms with Gasteiger partial charge in [0.15, 0.2) is 11.5 Å². The zero-order valence-corrected chi connectivity index (χ0v) is 12.7. The van der Waals surface area contributed by atoms with E-state index >= 15 is 0 Å². The van der Waals surface area contributed by atoms with Crippen molar-refractivity contribution in [3.63, 3.8) is 0 Å². The van der Waals surface area contributed by atoms with Gasteiger partial charge in [-0.05, 0) is 19.1 Å². The van der Waals surface area contributed by atoms with E-state index in [0.717, 1.165) is 4.90 Å². The number of hydrogen-bond donors (Lipinski definition) is 1. The number of aliphatic carboxylic acids is 1. The Balaban J connectivity index is 3.30. The number of nitrogens with zero attached hydrogens (tertiary/aromatic N) is 1. The highest BCUT2D eigenvalue weighted by Crippen LogP contribution is 2.40. The number of likely N-dealkylation sites (N-methyl/N-ethyl adjacent to an activating group) is 1. The second-order valence-electron chi connectivity index (χ2n) is 4.31. The largest absolute Gasteiger partial charge is 0.493 e. The third kappa shape index (κ3) is 3.18. The summed E-state index contributed by atoms with van der Waals surface area (Å²) in [6.07, 6.45) is 0. The molecule has 7 nitrogen and oxygen atoms in total. The molecule has 1 amide bonds. The molecule has 1 unspecified atom stereocenters. The second-order valence-corrected chi connectivity index (χ2v) is 4.31. The van der Waals surface area contributed by atoms with Crippen LogP contribution < -0.4 is 14.2 Å². The van der Waals surface area contributed by atoms with Gasteiger partial charge >= 0.3 is 5.97 Å². The number of hydrogen-bond acceptors (Lipinski definition) is 5. The number of carbonyl (C=O) groups excluding carboxylic acids is 1. The van der Waals surface area contributed by atoms with Crippen LogP contribution in [0.5, 0.6) is 17.2 Å². The van der Waals surface area contributed by atoms with Crippen LogP contribution in [0.25, 0.3) is 0 Å². The number of rotatable bonds is 6. The van der Waals surface area contributed by atoms with Gasteiger partial charge in [-0.25, -0.2) is 4.79 Å². The molecular weight excluding hydrogens is 278 g/mol. The van der Waals surface area contributed by atoms with Gasteiger partial charge in [0.25, 0.3) is 5.91 Å². The van der Waals surface area contributed by atoms with Crippen molar-refractivity contribution in [3.05, 3.63) is 17.7 Å². The van der Waals surface area contributed by atoms with Crippen LogP contribution in [-0.2, 0) is 4.79 Å². The van der Waals surface area contributed by atoms with Gasteiger partial charge in [-0.15, -0.1) is 0 Å². The molecule has 1 aromatic rings. The maximum absolute atomic E-state index is 12.4. The van der Waals surface area contributed by atoms with Crippen molar-refractivity contribution in [1.29, 1.82) is 0 Å². The summed E-state index contributed by atoms with van der Waals surface area (Å²) < 4.78 is 15.6. The van der Waals surface area contributed by atoms with Gasteiger partial charge in [0.2, 0.25) is 5.75 Å². The Morgan fingerprint density at radius 1 is 1.10 bits per heavy atom. The number of carboxylic acid groups (broad SMARTS) is 1. The first-order chi connectivity index (χ1) is 9.88. The lowest BCUT2D eigenvalue weighted by Crippen LogP contribution is -2.40. The summed E-state index contributed by atoms with van der Waals surface area (Å²) >= 11 is 0. The van der Waals surface area contributed by atoms with Crippen molar-refractivity contribution in [1.82, 2.24) is 4.90 Å². The third-order valence-electron chi connectivity index (χ3n) is 3.19. The van der Waals surface area contributed by atoms with E-state index in [2.05, 4.69) is 0 Å². The molecule has 1 aromatic carbocycles. The zero-order chi connectivity index (χ0) is 16.2. The zero-order valence-electron chi connectivity index (χ0n) is 12.7. The van der Waals surface area contributed by atoms with Gasteiger partial charge in [0.1, 0.15) is 6.04 Å². The molecule has 21 heavy (non-hydrogen) atoms. The molecule has 0 saturated heterocycles. The molecule has 0 aromatic heterocycles. The van der Waals surface area contributed by atoms with E-state index in [4.69, 9.17) is 19.3 Å². The first kappa shape index (κ1) is 16.6. The average molecular weight is 297 g/mol. The molecule has 0 aliphatic rings. The Bertz CT molecular complexity index is 543. The van der Waals surface area contributed by atoms with Crippen LogP contribution in [0.3, 0.4) is 0 Å². The fourth-order valence-corrected chi connectivity index (χ4v) is 1.80. The maximum atomic E-state index is 12.4. The minimum absolute atomic E-state index is 0.200. The van der Waals surface area contributed by atoms with Crippen molar-refractivity contribution in [3.8, 4) is 17.2 Å². The summed E-state index contributed by atoms with van der Waals surface area (Å²) in [4.78, 5) is 24.5. The van der Waals surface area contributed by atoms with Gasteiger partial charge in [-0.2, -0.15) is 0 Å². The van der Waals surface area contributed by atoms with Crippen LogP contribution in [0.4, 0.5) is 0 Å². The van der Waals surface area contributed by atoms with Gasteiger partial charge in [0, 0.05) is 7.05 Å². The fraction of sp³-hybridized carbons (Fsp3) is 0.429. The van der Waals surface area contributed by atoms with Gasteiger partial charge < -0.3 is 24.2 Å². The summed E-state index contributed by atoms with van der Waals surface area (Å²) in [5.41, 5.74) is 0.200. The molecule has 0 spiro atoms. The monoisotopic (exact) mass is 297 g/mol. The molecule has 0 aliphatic carbocycles. The van der Waals surface area contributed by atoms with Crippen LogP contribution in [0.1, 0.15) is 17.3 Å². The van der Waals surface area contributed by atoms with Gasteiger partial charge in [-0.3, -0.25) is 4.79 Å². The predicted octanol–water partition coefficient (Wildman–Crippen LogP) is 1.26. The SMILES string of the molecule is COc1ccc(C(=O)N(C)C(C)C(=O)O)c(OC)c1OC. The van der Waals surface area contributed by atoms with E-state index in [1.165, 1.54) is 41.4 Å². The highest BCUT2D eigenvalue weighted by molar-refractivity contribution is 5.99. The lowest BCUT2D eigenvalue weighted by Gasteiger charge is -2.23. The van der Waals surface area contributed by atoms with Crippen LogP contribution >= 0.6 is 0 Å². The lowest BCUT2D eigenvalue weighted by atomic mass is 10.1. The highest BCUT2D eigenvalue weighted by Gasteiger charge is 2.27. The predicted molar refractivity (Wildman–Crippen MR) is 75.3 cm³/mol. The molecule has 0 radical (unpaired) electrons. The Morgan fingerprint density at radius 3 is 2.10 bits per heavy atom. The summed E-state index contributed by atoms with van der Waals surface area (Å²) in [5.74, 6) is -0.679. The van der Waals surface area contributed by atoms with Crippen molar-refractivity contribution in [2.45, 2.75) is 13.0 Å². The smallest absolute Gasteiger partial charge is 0.326 e. The molecule has 1 atom stereocenters. The number of carbonyl (C=O) groups is 2. The van der Waals surface area contributed by atoms with Crippen LogP contribution in [0, 0.1) is 0 Å². The maximum Gasteiger partial charge on any atom is 0.326 e. The molecule has 1 rings (SSSR count). The van der Waals surface area contributed by atoms with E-state index in [1.807, 2.05) is 0 Å². The lowest BCUT2D eigenvalue weighted by molar-refractivity contribution is -0.141. The Labute approximate surface area is 123 Å². The topological polar surface area (TPSA) is 85.3 Å². The van der Waals surface area contributed by atoms with Crippen molar-refractivity contribution < 1.29 is 28.9 Å². The average Bonchev–Trinajstić information content (AvgIpc) is 2.50. The third-order valence-corrected chi connectivity index (χ3v) is 3.19. The quantitative estimate of drug-likeness (QED) is 0.850. The van der Waals surface area contributed by atoms with E-state index in [9.17, 15) is 9.59 Å². The highest BCUT2D eigenvalue weighted by atomic mass is 16.5. The van der Waals surface area contributed by atoms with Crippen molar-refractivity contribution >= 4 is 11.9 Å². The first-order valence-corrected chi connectivity index (χ1v) is 6.17. The molecule has 0 saturated carbocycles. The minimum atomic E-state index is -1.09. The van der Waals surface area contributed by atoms with Crippen molar-refractivity contribution in [2.24, 2.45) is 0 Å². The number of ether oxygens (including phenoxy) is 3. The Morgan fingerprint density at radius 2 is 1.67 bits per heavy atom. The number of amides is 1. The fourth-order valence-electron chi connectivity index (χ4n) is 1.80. The van der Waals surface area contributed by atoms with Crippen LogP contribution in [-0.4, -0.2) is 56.3 Å². The number of methoxy groups -OCH3 is 3. The molecular formula is C14H19NO6.